The van der Waals surface area contributed by atoms with Crippen molar-refractivity contribution in [3.05, 3.63) is 12.7 Å². The minimum Gasteiger partial charge on any atom is -0.364 e. The molecule has 0 spiro atoms. The van der Waals surface area contributed by atoms with Crippen molar-refractivity contribution >= 4 is 5.97 Å². The molecule has 3 heteroatoms. The van der Waals surface area contributed by atoms with Gasteiger partial charge in [0.15, 0.2) is 0 Å². The maximum Gasteiger partial charge on any atom is 0.349 e. The first-order chi connectivity index (χ1) is 4.33. The molecule has 9 heavy (non-hydrogen) atoms. The predicted octanol–water partition coefficient (Wildman–Crippen LogP) is 0.336. The minimum atomic E-state index is -0.366. The lowest BCUT2D eigenvalue weighted by atomic mass is 10.3. The number of carbonyl (C=O) groups excluding carboxylic acids is 1. The van der Waals surface area contributed by atoms with Gasteiger partial charge in [-0.3, -0.25) is 0 Å². The van der Waals surface area contributed by atoms with Crippen LogP contribution in [-0.2, 0) is 9.63 Å². The Labute approximate surface area is 53.9 Å². The number of carbonyl (C=O) groups is 1. The normalized spacial score (nSPS) is 18.2. The van der Waals surface area contributed by atoms with Crippen LogP contribution in [0.5, 0.6) is 0 Å². The Morgan fingerprint density at radius 1 is 1.67 bits per heavy atom. The number of nitrogens with zero attached hydrogens (tertiary/aromatic N) is 1. The van der Waals surface area contributed by atoms with Crippen LogP contribution in [0.25, 0.3) is 0 Å². The lowest BCUT2D eigenvalue weighted by Gasteiger charge is -2.27. The quantitative estimate of drug-likeness (QED) is 0.501. The molecule has 0 aliphatic carbocycles. The van der Waals surface area contributed by atoms with Crippen LogP contribution in [0.4, 0.5) is 0 Å². The SMILES string of the molecule is C=CC(=O)ON1CCC1. The molecule has 50 valence electrons. The van der Waals surface area contributed by atoms with E-state index in [0.29, 0.717) is 0 Å². The van der Waals surface area contributed by atoms with Crippen LogP contribution in [0.2, 0.25) is 0 Å². The Bertz CT molecular complexity index is 129. The van der Waals surface area contributed by atoms with Crippen LogP contribution >= 0.6 is 0 Å². The van der Waals surface area contributed by atoms with Gasteiger partial charge in [0, 0.05) is 19.2 Å². The molecule has 1 rings (SSSR count). The highest BCUT2D eigenvalue weighted by Gasteiger charge is 2.16. The summed E-state index contributed by atoms with van der Waals surface area (Å²) in [5.41, 5.74) is 0. The van der Waals surface area contributed by atoms with Gasteiger partial charge in [-0.1, -0.05) is 6.58 Å². The molecule has 0 aromatic heterocycles. The van der Waals surface area contributed by atoms with Crippen LogP contribution in [-0.4, -0.2) is 24.1 Å². The fourth-order valence-electron chi connectivity index (χ4n) is 0.543. The maximum atomic E-state index is 10.4. The second-order valence-corrected chi connectivity index (χ2v) is 1.90. The topological polar surface area (TPSA) is 29.5 Å². The van der Waals surface area contributed by atoms with Gasteiger partial charge in [-0.15, -0.1) is 5.06 Å². The van der Waals surface area contributed by atoms with Crippen LogP contribution in [0, 0.1) is 0 Å². The zero-order valence-corrected chi connectivity index (χ0v) is 5.17. The molecule has 0 unspecified atom stereocenters. The molecule has 0 aromatic carbocycles. The molecule has 0 radical (unpaired) electrons. The van der Waals surface area contributed by atoms with Crippen molar-refractivity contribution < 1.29 is 9.63 Å². The fraction of sp³-hybridized carbons (Fsp3) is 0.500. The van der Waals surface area contributed by atoms with E-state index in [1.54, 1.807) is 5.06 Å². The van der Waals surface area contributed by atoms with Crippen molar-refractivity contribution in [1.29, 1.82) is 0 Å². The van der Waals surface area contributed by atoms with Gasteiger partial charge in [-0.25, -0.2) is 4.79 Å². The van der Waals surface area contributed by atoms with Gasteiger partial charge < -0.3 is 4.84 Å². The van der Waals surface area contributed by atoms with Crippen molar-refractivity contribution in [2.75, 3.05) is 13.1 Å². The summed E-state index contributed by atoms with van der Waals surface area (Å²) < 4.78 is 0. The van der Waals surface area contributed by atoms with E-state index in [2.05, 4.69) is 6.58 Å². The summed E-state index contributed by atoms with van der Waals surface area (Å²) in [6.45, 7) is 4.99. The lowest BCUT2D eigenvalue weighted by Crippen LogP contribution is -2.38. The predicted molar refractivity (Wildman–Crippen MR) is 32.5 cm³/mol. The summed E-state index contributed by atoms with van der Waals surface area (Å²) in [5, 5.41) is 1.62. The van der Waals surface area contributed by atoms with Gasteiger partial charge in [0.05, 0.1) is 0 Å². The van der Waals surface area contributed by atoms with E-state index in [0.717, 1.165) is 19.5 Å². The third kappa shape index (κ3) is 1.54. The number of rotatable bonds is 2. The molecule has 1 heterocycles. The van der Waals surface area contributed by atoms with Crippen molar-refractivity contribution in [3.8, 4) is 0 Å². The summed E-state index contributed by atoms with van der Waals surface area (Å²) in [5.74, 6) is -0.366. The molecule has 0 amide bonds. The van der Waals surface area contributed by atoms with Crippen LogP contribution < -0.4 is 0 Å². The second kappa shape index (κ2) is 2.64. The Balaban J connectivity index is 2.16. The van der Waals surface area contributed by atoms with Crippen LogP contribution in [0.15, 0.2) is 12.7 Å². The second-order valence-electron chi connectivity index (χ2n) is 1.90. The van der Waals surface area contributed by atoms with Crippen molar-refractivity contribution in [2.45, 2.75) is 6.42 Å². The summed E-state index contributed by atoms with van der Waals surface area (Å²) in [7, 11) is 0. The first kappa shape index (κ1) is 6.29. The van der Waals surface area contributed by atoms with Crippen LogP contribution in [0.1, 0.15) is 6.42 Å². The highest BCUT2D eigenvalue weighted by molar-refractivity contribution is 5.80. The Hall–Kier alpha value is -0.830. The first-order valence-electron chi connectivity index (χ1n) is 2.92. The summed E-state index contributed by atoms with van der Waals surface area (Å²) in [6.07, 6.45) is 2.28. The molecule has 0 atom stereocenters. The first-order valence-corrected chi connectivity index (χ1v) is 2.92. The largest absolute Gasteiger partial charge is 0.364 e. The average molecular weight is 127 g/mol. The Kier molecular flexibility index (Phi) is 1.85. The smallest absolute Gasteiger partial charge is 0.349 e. The molecule has 1 saturated heterocycles. The zero-order valence-electron chi connectivity index (χ0n) is 5.17. The highest BCUT2D eigenvalue weighted by Crippen LogP contribution is 2.05. The molecule has 0 aromatic rings. The average Bonchev–Trinajstić information content (AvgIpc) is 1.78. The third-order valence-electron chi connectivity index (χ3n) is 1.20. The van der Waals surface area contributed by atoms with Gasteiger partial charge in [-0.05, 0) is 6.42 Å². The molecule has 1 fully saturated rings. The lowest BCUT2D eigenvalue weighted by molar-refractivity contribution is -0.201. The maximum absolute atomic E-state index is 10.4. The molecule has 1 aliphatic heterocycles. The summed E-state index contributed by atoms with van der Waals surface area (Å²) in [6, 6.07) is 0. The monoisotopic (exact) mass is 127 g/mol. The van der Waals surface area contributed by atoms with Gasteiger partial charge in [0.1, 0.15) is 0 Å². The molecular formula is C6H9NO2. The highest BCUT2D eigenvalue weighted by atomic mass is 16.7. The van der Waals surface area contributed by atoms with Crippen molar-refractivity contribution in [3.63, 3.8) is 0 Å². The van der Waals surface area contributed by atoms with Gasteiger partial charge in [-0.2, -0.15) is 0 Å². The zero-order chi connectivity index (χ0) is 6.69. The van der Waals surface area contributed by atoms with E-state index >= 15 is 0 Å². The molecule has 0 N–H and O–H groups in total. The van der Waals surface area contributed by atoms with E-state index in [9.17, 15) is 4.79 Å². The van der Waals surface area contributed by atoms with Crippen molar-refractivity contribution in [2.24, 2.45) is 0 Å². The number of hydroxylamine groups is 2. The Morgan fingerprint density at radius 2 is 2.33 bits per heavy atom. The van der Waals surface area contributed by atoms with E-state index in [-0.39, 0.29) is 5.97 Å². The number of hydrogen-bond acceptors (Lipinski definition) is 3. The molecule has 3 nitrogen and oxygen atoms in total. The molecular weight excluding hydrogens is 118 g/mol. The van der Waals surface area contributed by atoms with Gasteiger partial charge in [0.25, 0.3) is 0 Å². The molecule has 0 bridgehead atoms. The Morgan fingerprint density at radius 3 is 2.67 bits per heavy atom. The van der Waals surface area contributed by atoms with Gasteiger partial charge >= 0.3 is 5.97 Å². The number of hydrogen-bond donors (Lipinski definition) is 0. The summed E-state index contributed by atoms with van der Waals surface area (Å²) in [4.78, 5) is 15.1. The minimum absolute atomic E-state index is 0.366. The van der Waals surface area contributed by atoms with E-state index in [4.69, 9.17) is 4.84 Å². The van der Waals surface area contributed by atoms with Crippen molar-refractivity contribution in [1.82, 2.24) is 5.06 Å². The molecule has 1 aliphatic rings. The summed E-state index contributed by atoms with van der Waals surface area (Å²) >= 11 is 0. The molecule has 0 saturated carbocycles. The third-order valence-corrected chi connectivity index (χ3v) is 1.20. The fourth-order valence-corrected chi connectivity index (χ4v) is 0.543. The van der Waals surface area contributed by atoms with E-state index in [1.165, 1.54) is 6.08 Å². The van der Waals surface area contributed by atoms with E-state index in [1.807, 2.05) is 0 Å². The van der Waals surface area contributed by atoms with E-state index < -0.39 is 0 Å². The van der Waals surface area contributed by atoms with Crippen LogP contribution in [0.3, 0.4) is 0 Å². The van der Waals surface area contributed by atoms with Gasteiger partial charge in [0.2, 0.25) is 0 Å². The standard InChI is InChI=1S/C6H9NO2/c1-2-6(8)9-7-4-3-5-7/h2H,1,3-5H2.